The first-order valence-corrected chi connectivity index (χ1v) is 11.7. The van der Waals surface area contributed by atoms with Gasteiger partial charge in [0.15, 0.2) is 10.9 Å². The third-order valence-corrected chi connectivity index (χ3v) is 6.21. The van der Waals surface area contributed by atoms with Crippen molar-refractivity contribution < 1.29 is 17.9 Å². The van der Waals surface area contributed by atoms with Crippen LogP contribution in [-0.4, -0.2) is 26.2 Å². The number of rotatable bonds is 6. The van der Waals surface area contributed by atoms with Crippen LogP contribution in [0.2, 0.25) is 0 Å². The van der Waals surface area contributed by atoms with Crippen LogP contribution in [-0.2, 0) is 5.41 Å². The number of aromatic nitrogens is 3. The lowest BCUT2D eigenvalue weighted by Gasteiger charge is -2.34. The fourth-order valence-corrected chi connectivity index (χ4v) is 4.32. The number of halogens is 3. The van der Waals surface area contributed by atoms with Crippen molar-refractivity contribution >= 4 is 17.3 Å². The lowest BCUT2D eigenvalue weighted by molar-refractivity contribution is -0.274. The second-order valence-corrected chi connectivity index (χ2v) is 9.58. The van der Waals surface area contributed by atoms with E-state index >= 15 is 0 Å². The van der Waals surface area contributed by atoms with Gasteiger partial charge in [-0.3, -0.25) is 0 Å². The molecule has 0 bridgehead atoms. The van der Waals surface area contributed by atoms with Gasteiger partial charge in [-0.1, -0.05) is 51.1 Å². The van der Waals surface area contributed by atoms with E-state index in [4.69, 9.17) is 18.0 Å². The fraction of sp³-hybridized carbons (Fsp3) is 0.269. The first-order chi connectivity index (χ1) is 16.9. The Labute approximate surface area is 212 Å². The molecule has 3 N–H and O–H groups in total. The van der Waals surface area contributed by atoms with Gasteiger partial charge < -0.3 is 15.8 Å². The molecule has 0 aliphatic heterocycles. The summed E-state index contributed by atoms with van der Waals surface area (Å²) in [5, 5.41) is 7.81. The van der Waals surface area contributed by atoms with Gasteiger partial charge in [-0.15, -0.1) is 18.3 Å². The quantitative estimate of drug-likeness (QED) is 0.406. The molecule has 10 heteroatoms. The maximum absolute atomic E-state index is 12.4. The van der Waals surface area contributed by atoms with E-state index < -0.39 is 6.36 Å². The molecular formula is C26H26F3N5OS. The van der Waals surface area contributed by atoms with Crippen molar-refractivity contribution in [3.05, 3.63) is 83.8 Å². The summed E-state index contributed by atoms with van der Waals surface area (Å²) in [5.74, 6) is 0.538. The predicted octanol–water partition coefficient (Wildman–Crippen LogP) is 5.79. The van der Waals surface area contributed by atoms with Crippen LogP contribution in [0.25, 0.3) is 17.1 Å². The largest absolute Gasteiger partial charge is 0.573 e. The maximum Gasteiger partial charge on any atom is 0.573 e. The molecule has 0 amide bonds. The molecular weight excluding hydrogens is 487 g/mol. The first kappa shape index (κ1) is 25.4. The topological polar surface area (TPSA) is 78.0 Å². The number of nitrogens with one attached hydrogen (secondary N) is 1. The summed E-state index contributed by atoms with van der Waals surface area (Å²) in [4.78, 5) is 4.36. The van der Waals surface area contributed by atoms with E-state index in [0.717, 1.165) is 23.2 Å². The summed E-state index contributed by atoms with van der Waals surface area (Å²) in [6, 6.07) is 13.5. The minimum atomic E-state index is -4.73. The average molecular weight is 514 g/mol. The second kappa shape index (κ2) is 9.77. The highest BCUT2D eigenvalue weighted by molar-refractivity contribution is 7.80. The molecule has 1 atom stereocenters. The average Bonchev–Trinajstić information content (AvgIpc) is 3.30. The number of hydrogen-bond acceptors (Lipinski definition) is 4. The minimum absolute atomic E-state index is 0.202. The van der Waals surface area contributed by atoms with E-state index in [1.165, 1.54) is 40.8 Å². The smallest absolute Gasteiger partial charge is 0.406 e. The van der Waals surface area contributed by atoms with Crippen molar-refractivity contribution in [2.45, 2.75) is 39.0 Å². The summed E-state index contributed by atoms with van der Waals surface area (Å²) < 4.78 is 42.5. The summed E-state index contributed by atoms with van der Waals surface area (Å²) in [6.07, 6.45) is 1.81. The molecule has 3 aromatic rings. The minimum Gasteiger partial charge on any atom is -0.406 e. The molecule has 1 heterocycles. The normalized spacial score (nSPS) is 18.0. The highest BCUT2D eigenvalue weighted by Crippen LogP contribution is 2.39. The van der Waals surface area contributed by atoms with Gasteiger partial charge in [0.1, 0.15) is 12.1 Å². The van der Waals surface area contributed by atoms with Crippen LogP contribution >= 0.6 is 12.2 Å². The van der Waals surface area contributed by atoms with Crippen LogP contribution in [0.3, 0.4) is 0 Å². The van der Waals surface area contributed by atoms with E-state index in [1.54, 1.807) is 0 Å². The molecule has 0 spiro atoms. The Morgan fingerprint density at radius 2 is 1.81 bits per heavy atom. The monoisotopic (exact) mass is 513 g/mol. The molecule has 1 aliphatic carbocycles. The Morgan fingerprint density at radius 1 is 1.14 bits per heavy atom. The van der Waals surface area contributed by atoms with Crippen molar-refractivity contribution in [3.63, 3.8) is 0 Å². The van der Waals surface area contributed by atoms with Crippen LogP contribution in [0.1, 0.15) is 32.8 Å². The molecule has 6 nitrogen and oxygen atoms in total. The second-order valence-electron chi connectivity index (χ2n) is 9.14. The molecule has 2 aromatic carbocycles. The van der Waals surface area contributed by atoms with Gasteiger partial charge in [0.2, 0.25) is 0 Å². The number of nitrogens with zero attached hydrogens (tertiary/aromatic N) is 3. The Kier molecular flexibility index (Phi) is 6.90. The van der Waals surface area contributed by atoms with E-state index in [2.05, 4.69) is 59.1 Å². The fourth-order valence-electron chi connectivity index (χ4n) is 4.21. The van der Waals surface area contributed by atoms with Crippen molar-refractivity contribution in [2.75, 3.05) is 0 Å². The summed E-state index contributed by atoms with van der Waals surface area (Å²) in [6.45, 7) is 6.49. The molecule has 0 saturated heterocycles. The molecule has 1 aromatic heterocycles. The van der Waals surface area contributed by atoms with Crippen LogP contribution in [0.15, 0.2) is 78.3 Å². The zero-order chi connectivity index (χ0) is 26.1. The SMILES string of the molecule is CC(C)C1=C(NC(N)=S)C=CC(C)(c2ccc(-c3ncn(-c4ccc(OC(F)(F)F)cc4)n3)cc2)C1. The third kappa shape index (κ3) is 5.76. The Bertz CT molecular complexity index is 1310. The third-order valence-electron chi connectivity index (χ3n) is 6.11. The Balaban J connectivity index is 1.51. The van der Waals surface area contributed by atoms with E-state index in [-0.39, 0.29) is 16.3 Å². The summed E-state index contributed by atoms with van der Waals surface area (Å²) >= 11 is 5.02. The lowest BCUT2D eigenvalue weighted by atomic mass is 9.71. The Morgan fingerprint density at radius 3 is 2.39 bits per heavy atom. The first-order valence-electron chi connectivity index (χ1n) is 11.3. The number of alkyl halides is 3. The molecule has 4 rings (SSSR count). The molecule has 0 saturated carbocycles. The van der Waals surface area contributed by atoms with Crippen molar-refractivity contribution in [1.82, 2.24) is 20.1 Å². The molecule has 36 heavy (non-hydrogen) atoms. The number of nitrogens with two attached hydrogens (primary N) is 1. The highest BCUT2D eigenvalue weighted by atomic mass is 32.1. The van der Waals surface area contributed by atoms with Crippen LogP contribution < -0.4 is 15.8 Å². The van der Waals surface area contributed by atoms with Gasteiger partial charge >= 0.3 is 6.36 Å². The van der Waals surface area contributed by atoms with Gasteiger partial charge in [0.25, 0.3) is 0 Å². The van der Waals surface area contributed by atoms with Gasteiger partial charge in [0.05, 0.1) is 5.69 Å². The summed E-state index contributed by atoms with van der Waals surface area (Å²) in [5.41, 5.74) is 10.2. The van der Waals surface area contributed by atoms with Crippen molar-refractivity contribution in [1.29, 1.82) is 0 Å². The molecule has 1 aliphatic rings. The number of thiocarbonyl (C=S) groups is 1. The number of ether oxygens (including phenoxy) is 1. The Hall–Kier alpha value is -3.66. The molecule has 1 unspecified atom stereocenters. The highest BCUT2D eigenvalue weighted by Gasteiger charge is 2.31. The molecule has 188 valence electrons. The van der Waals surface area contributed by atoms with Gasteiger partial charge in [-0.05, 0) is 66.0 Å². The molecule has 0 radical (unpaired) electrons. The molecule has 0 fully saturated rings. The summed E-state index contributed by atoms with van der Waals surface area (Å²) in [7, 11) is 0. The standard InChI is InChI=1S/C26H26F3N5OS/c1-16(2)21-14-25(3,13-12-22(21)32-24(30)36)18-6-4-17(5-7-18)23-31-15-34(33-23)19-8-10-20(11-9-19)35-26(27,28)29/h4-13,15-16H,14H2,1-3H3,(H3,30,32,36). The van der Waals surface area contributed by atoms with Crippen molar-refractivity contribution in [2.24, 2.45) is 11.7 Å². The van der Waals surface area contributed by atoms with E-state index in [1.807, 2.05) is 18.2 Å². The lowest BCUT2D eigenvalue weighted by Crippen LogP contribution is -2.33. The zero-order valence-electron chi connectivity index (χ0n) is 20.0. The van der Waals surface area contributed by atoms with E-state index in [0.29, 0.717) is 17.4 Å². The predicted molar refractivity (Wildman–Crippen MR) is 136 cm³/mol. The van der Waals surface area contributed by atoms with Gasteiger partial charge in [-0.2, -0.15) is 0 Å². The van der Waals surface area contributed by atoms with Crippen LogP contribution in [0, 0.1) is 5.92 Å². The van der Waals surface area contributed by atoms with Crippen molar-refractivity contribution in [3.8, 4) is 22.8 Å². The van der Waals surface area contributed by atoms with Gasteiger partial charge in [0, 0.05) is 16.7 Å². The number of benzene rings is 2. The van der Waals surface area contributed by atoms with Gasteiger partial charge in [-0.25, -0.2) is 9.67 Å². The van der Waals surface area contributed by atoms with Crippen LogP contribution in [0.5, 0.6) is 5.75 Å². The maximum atomic E-state index is 12.4. The number of allylic oxidation sites excluding steroid dienone is 3. The number of hydrogen-bond donors (Lipinski definition) is 2. The van der Waals surface area contributed by atoms with Crippen LogP contribution in [0.4, 0.5) is 13.2 Å². The zero-order valence-corrected chi connectivity index (χ0v) is 20.8. The van der Waals surface area contributed by atoms with E-state index in [9.17, 15) is 13.2 Å².